The number of hydrogen-bond acceptors (Lipinski definition) is 2. The molecule has 108 valence electrons. The second-order valence-electron chi connectivity index (χ2n) is 6.31. The van der Waals surface area contributed by atoms with Gasteiger partial charge in [0, 0.05) is 23.7 Å². The van der Waals surface area contributed by atoms with Gasteiger partial charge in [0.05, 0.1) is 0 Å². The standard InChI is InChI=1S/C17H24N2O/c18-16(20)11-14-8-5-4-7-13-10-12-6-2-1-3-9-15(12)19-17(13)14/h10,14H,1-9,11H2,(H2,18,20). The molecule has 0 saturated carbocycles. The largest absolute Gasteiger partial charge is 0.370 e. The molecule has 0 saturated heterocycles. The molecule has 2 aliphatic rings. The van der Waals surface area contributed by atoms with Crippen molar-refractivity contribution in [3.8, 4) is 0 Å². The molecule has 1 amide bonds. The van der Waals surface area contributed by atoms with Gasteiger partial charge >= 0.3 is 0 Å². The Hall–Kier alpha value is -1.38. The molecule has 20 heavy (non-hydrogen) atoms. The van der Waals surface area contributed by atoms with Crippen LogP contribution in [0, 0.1) is 0 Å². The van der Waals surface area contributed by atoms with Gasteiger partial charge in [-0.1, -0.05) is 18.9 Å². The number of aromatic nitrogens is 1. The first-order valence-electron chi connectivity index (χ1n) is 8.04. The predicted octanol–water partition coefficient (Wildman–Crippen LogP) is 3.04. The number of hydrogen-bond donors (Lipinski definition) is 1. The first-order valence-corrected chi connectivity index (χ1v) is 8.04. The van der Waals surface area contributed by atoms with Crippen LogP contribution in [0.2, 0.25) is 0 Å². The van der Waals surface area contributed by atoms with Crippen molar-refractivity contribution in [1.82, 2.24) is 4.98 Å². The molecule has 2 N–H and O–H groups in total. The highest BCUT2D eigenvalue weighted by molar-refractivity contribution is 5.74. The number of carbonyl (C=O) groups is 1. The number of fused-ring (bicyclic) bond motifs is 2. The summed E-state index contributed by atoms with van der Waals surface area (Å²) < 4.78 is 0. The lowest BCUT2D eigenvalue weighted by Gasteiger charge is -2.18. The van der Waals surface area contributed by atoms with Gasteiger partial charge in [-0.25, -0.2) is 0 Å². The topological polar surface area (TPSA) is 56.0 Å². The Bertz CT molecular complexity index is 510. The Kier molecular flexibility index (Phi) is 4.04. The van der Waals surface area contributed by atoms with Crippen molar-refractivity contribution >= 4 is 5.91 Å². The van der Waals surface area contributed by atoms with Crippen LogP contribution < -0.4 is 5.73 Å². The van der Waals surface area contributed by atoms with E-state index in [0.717, 1.165) is 19.3 Å². The lowest BCUT2D eigenvalue weighted by molar-refractivity contribution is -0.118. The fourth-order valence-electron chi connectivity index (χ4n) is 3.71. The molecule has 1 aromatic heterocycles. The van der Waals surface area contributed by atoms with Crippen molar-refractivity contribution in [2.24, 2.45) is 5.73 Å². The Morgan fingerprint density at radius 1 is 1.10 bits per heavy atom. The van der Waals surface area contributed by atoms with Crippen molar-refractivity contribution in [1.29, 1.82) is 0 Å². The van der Waals surface area contributed by atoms with Crippen molar-refractivity contribution in [2.45, 2.75) is 70.1 Å². The molecule has 2 aliphatic carbocycles. The second-order valence-corrected chi connectivity index (χ2v) is 6.31. The summed E-state index contributed by atoms with van der Waals surface area (Å²) >= 11 is 0. The van der Waals surface area contributed by atoms with E-state index in [1.165, 1.54) is 61.0 Å². The van der Waals surface area contributed by atoms with Crippen molar-refractivity contribution in [3.63, 3.8) is 0 Å². The van der Waals surface area contributed by atoms with Crippen molar-refractivity contribution < 1.29 is 4.79 Å². The van der Waals surface area contributed by atoms with Crippen LogP contribution in [-0.2, 0) is 24.1 Å². The second kappa shape index (κ2) is 5.94. The molecule has 0 aromatic carbocycles. The molecular formula is C17H24N2O. The molecule has 0 radical (unpaired) electrons. The number of rotatable bonds is 2. The van der Waals surface area contributed by atoms with E-state index in [1.54, 1.807) is 0 Å². The van der Waals surface area contributed by atoms with Gasteiger partial charge in [0.25, 0.3) is 0 Å². The number of amides is 1. The quantitative estimate of drug-likeness (QED) is 0.841. The van der Waals surface area contributed by atoms with Crippen LogP contribution >= 0.6 is 0 Å². The third-order valence-electron chi connectivity index (χ3n) is 4.75. The van der Waals surface area contributed by atoms with E-state index in [-0.39, 0.29) is 11.8 Å². The monoisotopic (exact) mass is 272 g/mol. The molecule has 3 rings (SSSR count). The lowest BCUT2D eigenvalue weighted by Crippen LogP contribution is -2.17. The number of pyridine rings is 1. The Morgan fingerprint density at radius 2 is 1.85 bits per heavy atom. The molecule has 1 heterocycles. The van der Waals surface area contributed by atoms with Crippen LogP contribution in [0.4, 0.5) is 0 Å². The summed E-state index contributed by atoms with van der Waals surface area (Å²) in [5.41, 5.74) is 10.7. The van der Waals surface area contributed by atoms with Gasteiger partial charge in [-0.05, 0) is 56.1 Å². The number of primary amides is 1. The normalized spacial score (nSPS) is 22.3. The zero-order valence-corrected chi connectivity index (χ0v) is 12.2. The SMILES string of the molecule is NC(=O)CC1CCCCc2cc3c(nc21)CCCCC3. The van der Waals surface area contributed by atoms with Gasteiger partial charge in [0.1, 0.15) is 0 Å². The minimum atomic E-state index is -0.195. The highest BCUT2D eigenvalue weighted by Crippen LogP contribution is 2.33. The van der Waals surface area contributed by atoms with Gasteiger partial charge in [0.2, 0.25) is 5.91 Å². The smallest absolute Gasteiger partial charge is 0.218 e. The number of carbonyl (C=O) groups excluding carboxylic acids is 1. The minimum absolute atomic E-state index is 0.195. The van der Waals surface area contributed by atoms with Crippen LogP contribution in [0.1, 0.15) is 73.4 Å². The Morgan fingerprint density at radius 3 is 2.70 bits per heavy atom. The van der Waals surface area contributed by atoms with E-state index in [9.17, 15) is 4.79 Å². The lowest BCUT2D eigenvalue weighted by atomic mass is 9.92. The maximum absolute atomic E-state index is 11.3. The predicted molar refractivity (Wildman–Crippen MR) is 79.6 cm³/mol. The number of aryl methyl sites for hydroxylation is 3. The molecular weight excluding hydrogens is 248 g/mol. The molecule has 0 spiro atoms. The van der Waals surface area contributed by atoms with E-state index in [0.29, 0.717) is 6.42 Å². The van der Waals surface area contributed by atoms with Crippen molar-refractivity contribution in [2.75, 3.05) is 0 Å². The highest BCUT2D eigenvalue weighted by atomic mass is 16.1. The molecule has 1 aromatic rings. The molecule has 1 atom stereocenters. The van der Waals surface area contributed by atoms with Gasteiger partial charge in [-0.3, -0.25) is 9.78 Å². The zero-order valence-electron chi connectivity index (χ0n) is 12.2. The molecule has 0 fully saturated rings. The van der Waals surface area contributed by atoms with E-state index < -0.39 is 0 Å². The summed E-state index contributed by atoms with van der Waals surface area (Å²) in [5, 5.41) is 0. The van der Waals surface area contributed by atoms with Crippen LogP contribution in [0.3, 0.4) is 0 Å². The molecule has 0 aliphatic heterocycles. The first kappa shape index (κ1) is 13.6. The zero-order chi connectivity index (χ0) is 13.9. The van der Waals surface area contributed by atoms with Crippen LogP contribution in [0.5, 0.6) is 0 Å². The van der Waals surface area contributed by atoms with E-state index >= 15 is 0 Å². The highest BCUT2D eigenvalue weighted by Gasteiger charge is 2.24. The summed E-state index contributed by atoms with van der Waals surface area (Å²) in [4.78, 5) is 16.3. The van der Waals surface area contributed by atoms with E-state index in [1.807, 2.05) is 0 Å². The van der Waals surface area contributed by atoms with Crippen LogP contribution in [0.15, 0.2) is 6.07 Å². The van der Waals surface area contributed by atoms with E-state index in [4.69, 9.17) is 10.7 Å². The maximum Gasteiger partial charge on any atom is 0.218 e. The number of nitrogens with zero attached hydrogens (tertiary/aromatic N) is 1. The summed E-state index contributed by atoms with van der Waals surface area (Å²) in [6.45, 7) is 0. The average molecular weight is 272 g/mol. The van der Waals surface area contributed by atoms with Crippen molar-refractivity contribution in [3.05, 3.63) is 28.6 Å². The summed E-state index contributed by atoms with van der Waals surface area (Å²) in [6.07, 6.45) is 11.2. The van der Waals surface area contributed by atoms with E-state index in [2.05, 4.69) is 6.07 Å². The first-order chi connectivity index (χ1) is 9.74. The third-order valence-corrected chi connectivity index (χ3v) is 4.75. The average Bonchev–Trinajstić information content (AvgIpc) is 2.74. The Balaban J connectivity index is 1.99. The summed E-state index contributed by atoms with van der Waals surface area (Å²) in [6, 6.07) is 2.39. The number of nitrogens with two attached hydrogens (primary N) is 1. The third kappa shape index (κ3) is 2.87. The summed E-state index contributed by atoms with van der Waals surface area (Å²) in [5.74, 6) is 0.0538. The fourth-order valence-corrected chi connectivity index (χ4v) is 3.71. The molecule has 1 unspecified atom stereocenters. The minimum Gasteiger partial charge on any atom is -0.370 e. The van der Waals surface area contributed by atoms with Gasteiger partial charge < -0.3 is 5.73 Å². The fraction of sp³-hybridized carbons (Fsp3) is 0.647. The van der Waals surface area contributed by atoms with Gasteiger partial charge in [-0.2, -0.15) is 0 Å². The maximum atomic E-state index is 11.3. The Labute approximate surface area is 121 Å². The molecule has 3 heteroatoms. The van der Waals surface area contributed by atoms with Crippen LogP contribution in [-0.4, -0.2) is 10.9 Å². The molecule has 0 bridgehead atoms. The molecule has 3 nitrogen and oxygen atoms in total. The summed E-state index contributed by atoms with van der Waals surface area (Å²) in [7, 11) is 0. The van der Waals surface area contributed by atoms with Gasteiger partial charge in [0.15, 0.2) is 0 Å². The van der Waals surface area contributed by atoms with Gasteiger partial charge in [-0.15, -0.1) is 0 Å². The van der Waals surface area contributed by atoms with Crippen LogP contribution in [0.25, 0.3) is 0 Å².